The first-order valence-corrected chi connectivity index (χ1v) is 6.78. The van der Waals surface area contributed by atoms with Gasteiger partial charge in [0.05, 0.1) is 18.1 Å². The smallest absolute Gasteiger partial charge is 0.243 e. The molecule has 3 atom stereocenters. The molecule has 0 bridgehead atoms. The molecule has 0 aliphatic carbocycles. The average Bonchev–Trinajstić information content (AvgIpc) is 3.15. The Hall–Kier alpha value is -1.92. The van der Waals surface area contributed by atoms with Gasteiger partial charge in [0.1, 0.15) is 12.4 Å². The van der Waals surface area contributed by atoms with E-state index in [0.29, 0.717) is 31.3 Å². The fourth-order valence-electron chi connectivity index (χ4n) is 2.81. The molecule has 1 aromatic heterocycles. The largest absolute Gasteiger partial charge is 0.492 e. The van der Waals surface area contributed by atoms with E-state index < -0.39 is 0 Å². The number of hydrogen-bond acceptors (Lipinski definition) is 6. The summed E-state index contributed by atoms with van der Waals surface area (Å²) in [5.74, 6) is 2.10. The van der Waals surface area contributed by atoms with Gasteiger partial charge in [-0.1, -0.05) is 23.4 Å². The quantitative estimate of drug-likeness (QED) is 0.849. The first kappa shape index (κ1) is 11.9. The molecule has 1 fully saturated rings. The summed E-state index contributed by atoms with van der Waals surface area (Å²) in [6, 6.07) is 7.86. The van der Waals surface area contributed by atoms with Gasteiger partial charge in [-0.05, 0) is 12.5 Å². The first-order chi connectivity index (χ1) is 9.81. The van der Waals surface area contributed by atoms with Crippen LogP contribution in [0.4, 0.5) is 0 Å². The highest BCUT2D eigenvalue weighted by atomic mass is 16.5. The number of β-amino-alcohol motifs (C(OH)–C–C–N with tert-alkyl or cyclic N) is 1. The number of para-hydroxylation sites is 1. The fourth-order valence-corrected chi connectivity index (χ4v) is 2.81. The molecule has 0 amide bonds. The molecule has 2 aliphatic rings. The molecule has 6 nitrogen and oxygen atoms in total. The number of rotatable bonds is 2. The zero-order chi connectivity index (χ0) is 13.5. The Kier molecular flexibility index (Phi) is 2.71. The van der Waals surface area contributed by atoms with Crippen LogP contribution in [0.2, 0.25) is 0 Å². The lowest BCUT2D eigenvalue weighted by Gasteiger charge is -2.03. The third-order valence-electron chi connectivity index (χ3n) is 3.87. The maximum Gasteiger partial charge on any atom is 0.243 e. The van der Waals surface area contributed by atoms with Crippen LogP contribution in [0.3, 0.4) is 0 Å². The number of fused-ring (bicyclic) bond motifs is 1. The molecule has 0 saturated carbocycles. The van der Waals surface area contributed by atoms with Gasteiger partial charge in [0, 0.05) is 12.1 Å². The van der Waals surface area contributed by atoms with Crippen LogP contribution >= 0.6 is 0 Å². The standard InChI is InChI=1S/C14H15N3O3/c18-8-5-11(15-6-8)14-16-13(17-20-14)10-7-19-12-4-2-1-3-9(10)12/h1-4,8,10-11,15,18H,5-7H2/t8?,10?,11-/m0/s1. The Morgan fingerprint density at radius 1 is 1.30 bits per heavy atom. The number of nitrogens with one attached hydrogen (secondary N) is 1. The van der Waals surface area contributed by atoms with Crippen molar-refractivity contribution in [1.29, 1.82) is 0 Å². The number of aromatic nitrogens is 2. The van der Waals surface area contributed by atoms with Crippen molar-refractivity contribution in [2.24, 2.45) is 0 Å². The van der Waals surface area contributed by atoms with Crippen molar-refractivity contribution in [2.75, 3.05) is 13.2 Å². The molecule has 0 radical (unpaired) electrons. The predicted molar refractivity (Wildman–Crippen MR) is 69.4 cm³/mol. The van der Waals surface area contributed by atoms with Crippen LogP contribution in [0.15, 0.2) is 28.8 Å². The first-order valence-electron chi connectivity index (χ1n) is 6.78. The van der Waals surface area contributed by atoms with Crippen molar-refractivity contribution < 1.29 is 14.4 Å². The zero-order valence-electron chi connectivity index (χ0n) is 10.8. The molecule has 2 N–H and O–H groups in total. The van der Waals surface area contributed by atoms with Crippen LogP contribution in [-0.4, -0.2) is 34.5 Å². The van der Waals surface area contributed by atoms with Crippen LogP contribution < -0.4 is 10.1 Å². The number of aliphatic hydroxyl groups is 1. The lowest BCUT2D eigenvalue weighted by molar-refractivity contribution is 0.191. The molecule has 1 aromatic carbocycles. The normalized spacial score (nSPS) is 28.4. The van der Waals surface area contributed by atoms with Crippen molar-refractivity contribution in [3.63, 3.8) is 0 Å². The van der Waals surface area contributed by atoms with Crippen LogP contribution in [0, 0.1) is 0 Å². The number of ether oxygens (including phenoxy) is 1. The minimum Gasteiger partial charge on any atom is -0.492 e. The maximum absolute atomic E-state index is 9.54. The monoisotopic (exact) mass is 273 g/mol. The van der Waals surface area contributed by atoms with Crippen molar-refractivity contribution in [3.8, 4) is 5.75 Å². The van der Waals surface area contributed by atoms with Crippen molar-refractivity contribution >= 4 is 0 Å². The van der Waals surface area contributed by atoms with Crippen LogP contribution in [0.1, 0.15) is 35.7 Å². The Labute approximate surface area is 115 Å². The van der Waals surface area contributed by atoms with E-state index in [4.69, 9.17) is 9.26 Å². The van der Waals surface area contributed by atoms with E-state index in [0.717, 1.165) is 11.3 Å². The van der Waals surface area contributed by atoms with E-state index in [-0.39, 0.29) is 18.1 Å². The van der Waals surface area contributed by atoms with Gasteiger partial charge < -0.3 is 19.7 Å². The van der Waals surface area contributed by atoms with Crippen LogP contribution in [0.5, 0.6) is 5.75 Å². The fraction of sp³-hybridized carbons (Fsp3) is 0.429. The van der Waals surface area contributed by atoms with E-state index in [1.54, 1.807) is 0 Å². The summed E-state index contributed by atoms with van der Waals surface area (Å²) in [6.45, 7) is 1.11. The molecule has 4 rings (SSSR count). The van der Waals surface area contributed by atoms with Gasteiger partial charge in [-0.2, -0.15) is 4.98 Å². The Morgan fingerprint density at radius 2 is 2.20 bits per heavy atom. The summed E-state index contributed by atoms with van der Waals surface area (Å²) in [7, 11) is 0. The van der Waals surface area contributed by atoms with Crippen LogP contribution in [0.25, 0.3) is 0 Å². The number of hydrogen-bond donors (Lipinski definition) is 2. The second-order valence-corrected chi connectivity index (χ2v) is 5.24. The van der Waals surface area contributed by atoms with Gasteiger partial charge in [-0.15, -0.1) is 0 Å². The lowest BCUT2D eigenvalue weighted by Crippen LogP contribution is -2.15. The average molecular weight is 273 g/mol. The molecule has 20 heavy (non-hydrogen) atoms. The van der Waals surface area contributed by atoms with Gasteiger partial charge in [-0.3, -0.25) is 0 Å². The summed E-state index contributed by atoms with van der Waals surface area (Å²) < 4.78 is 11.0. The molecule has 104 valence electrons. The number of aliphatic hydroxyl groups excluding tert-OH is 1. The number of nitrogens with zero attached hydrogens (tertiary/aromatic N) is 2. The van der Waals surface area contributed by atoms with Crippen molar-refractivity contribution in [1.82, 2.24) is 15.5 Å². The molecule has 2 unspecified atom stereocenters. The summed E-state index contributed by atoms with van der Waals surface area (Å²) >= 11 is 0. The Bertz CT molecular complexity index is 628. The third kappa shape index (κ3) is 1.88. The molecule has 2 aliphatic heterocycles. The molecule has 2 aromatic rings. The van der Waals surface area contributed by atoms with Gasteiger partial charge in [0.15, 0.2) is 5.82 Å². The van der Waals surface area contributed by atoms with E-state index >= 15 is 0 Å². The highest BCUT2D eigenvalue weighted by molar-refractivity contribution is 5.42. The third-order valence-corrected chi connectivity index (χ3v) is 3.87. The van der Waals surface area contributed by atoms with Gasteiger partial charge in [0.2, 0.25) is 5.89 Å². The predicted octanol–water partition coefficient (Wildman–Crippen LogP) is 0.989. The van der Waals surface area contributed by atoms with Gasteiger partial charge in [0.25, 0.3) is 0 Å². The number of benzene rings is 1. The van der Waals surface area contributed by atoms with Crippen LogP contribution in [-0.2, 0) is 0 Å². The Balaban J connectivity index is 1.60. The second kappa shape index (κ2) is 4.57. The van der Waals surface area contributed by atoms with Crippen molar-refractivity contribution in [3.05, 3.63) is 41.5 Å². The van der Waals surface area contributed by atoms with E-state index in [9.17, 15) is 5.11 Å². The van der Waals surface area contributed by atoms with E-state index in [1.807, 2.05) is 24.3 Å². The minimum absolute atomic E-state index is 0.0232. The van der Waals surface area contributed by atoms with Gasteiger partial charge in [-0.25, -0.2) is 0 Å². The summed E-state index contributed by atoms with van der Waals surface area (Å²) in [6.07, 6.45) is 0.269. The summed E-state index contributed by atoms with van der Waals surface area (Å²) in [4.78, 5) is 4.48. The van der Waals surface area contributed by atoms with Gasteiger partial charge >= 0.3 is 0 Å². The summed E-state index contributed by atoms with van der Waals surface area (Å²) in [5, 5.41) is 16.8. The molecule has 1 saturated heterocycles. The topological polar surface area (TPSA) is 80.4 Å². The molecular formula is C14H15N3O3. The van der Waals surface area contributed by atoms with E-state index in [2.05, 4.69) is 15.5 Å². The molecule has 3 heterocycles. The summed E-state index contributed by atoms with van der Waals surface area (Å²) in [5.41, 5.74) is 1.10. The second-order valence-electron chi connectivity index (χ2n) is 5.24. The highest BCUT2D eigenvalue weighted by Gasteiger charge is 2.32. The maximum atomic E-state index is 9.54. The highest BCUT2D eigenvalue weighted by Crippen LogP contribution is 2.37. The SMILES string of the molecule is OC1CN[C@H](c2nc(C3COc4ccccc43)no2)C1. The Morgan fingerprint density at radius 3 is 3.05 bits per heavy atom. The molecule has 0 spiro atoms. The van der Waals surface area contributed by atoms with E-state index in [1.165, 1.54) is 0 Å². The lowest BCUT2D eigenvalue weighted by atomic mass is 10.0. The van der Waals surface area contributed by atoms with Crippen molar-refractivity contribution in [2.45, 2.75) is 24.5 Å². The molecular weight excluding hydrogens is 258 g/mol. The molecule has 6 heteroatoms. The minimum atomic E-state index is -0.342. The zero-order valence-corrected chi connectivity index (χ0v) is 10.8.